The standard InChI is InChI=1S/C18H24N4O2/c1-12(13(2)19)18(23)22-11-7-6-10-15(22)17-20-16(21-24-17)14-8-4-3-5-9-14/h3-5,8-9,12-13,15H,6-7,10-11,19H2,1-2H3. The van der Waals surface area contributed by atoms with E-state index >= 15 is 0 Å². The third-order valence-electron chi connectivity index (χ3n) is 4.72. The zero-order valence-corrected chi connectivity index (χ0v) is 14.2. The van der Waals surface area contributed by atoms with Crippen LogP contribution in [0.3, 0.4) is 0 Å². The number of piperidine rings is 1. The fourth-order valence-corrected chi connectivity index (χ4v) is 3.01. The molecule has 24 heavy (non-hydrogen) atoms. The van der Waals surface area contributed by atoms with Crippen molar-refractivity contribution in [3.05, 3.63) is 36.2 Å². The predicted octanol–water partition coefficient (Wildman–Crippen LogP) is 2.77. The Morgan fingerprint density at radius 2 is 2.04 bits per heavy atom. The van der Waals surface area contributed by atoms with Gasteiger partial charge in [-0.05, 0) is 26.2 Å². The van der Waals surface area contributed by atoms with E-state index in [0.29, 0.717) is 18.3 Å². The van der Waals surface area contributed by atoms with E-state index in [1.54, 1.807) is 0 Å². The van der Waals surface area contributed by atoms with Gasteiger partial charge in [0.25, 0.3) is 0 Å². The third kappa shape index (κ3) is 3.33. The molecule has 3 atom stereocenters. The van der Waals surface area contributed by atoms with Gasteiger partial charge in [0.1, 0.15) is 6.04 Å². The third-order valence-corrected chi connectivity index (χ3v) is 4.72. The minimum absolute atomic E-state index is 0.0640. The number of nitrogens with zero attached hydrogens (tertiary/aromatic N) is 3. The molecule has 6 heteroatoms. The van der Waals surface area contributed by atoms with Gasteiger partial charge in [0.2, 0.25) is 17.6 Å². The molecular weight excluding hydrogens is 304 g/mol. The summed E-state index contributed by atoms with van der Waals surface area (Å²) in [7, 11) is 0. The van der Waals surface area contributed by atoms with Crippen LogP contribution >= 0.6 is 0 Å². The molecule has 0 saturated carbocycles. The Hall–Kier alpha value is -2.21. The highest BCUT2D eigenvalue weighted by Gasteiger charge is 2.35. The van der Waals surface area contributed by atoms with Crippen molar-refractivity contribution in [1.29, 1.82) is 0 Å². The molecule has 128 valence electrons. The van der Waals surface area contributed by atoms with E-state index in [1.165, 1.54) is 0 Å². The number of rotatable bonds is 4. The van der Waals surface area contributed by atoms with Crippen molar-refractivity contribution in [2.24, 2.45) is 11.7 Å². The molecule has 2 heterocycles. The van der Waals surface area contributed by atoms with Gasteiger partial charge in [-0.15, -0.1) is 0 Å². The second-order valence-electron chi connectivity index (χ2n) is 6.51. The summed E-state index contributed by atoms with van der Waals surface area (Å²) in [6.45, 7) is 4.45. The average molecular weight is 328 g/mol. The lowest BCUT2D eigenvalue weighted by Crippen LogP contribution is -2.45. The molecule has 0 bridgehead atoms. The van der Waals surface area contributed by atoms with Gasteiger partial charge in [-0.3, -0.25) is 4.79 Å². The minimum atomic E-state index is -0.220. The number of hydrogen-bond donors (Lipinski definition) is 1. The normalized spacial score (nSPS) is 20.6. The van der Waals surface area contributed by atoms with E-state index in [4.69, 9.17) is 10.3 Å². The first-order valence-electron chi connectivity index (χ1n) is 8.53. The molecule has 0 aliphatic carbocycles. The van der Waals surface area contributed by atoms with Crippen LogP contribution in [0.5, 0.6) is 0 Å². The number of aromatic nitrogens is 2. The zero-order valence-electron chi connectivity index (χ0n) is 14.2. The lowest BCUT2D eigenvalue weighted by molar-refractivity contribution is -0.140. The first kappa shape index (κ1) is 16.6. The largest absolute Gasteiger partial charge is 0.337 e. The monoisotopic (exact) mass is 328 g/mol. The van der Waals surface area contributed by atoms with Crippen LogP contribution in [0.4, 0.5) is 0 Å². The van der Waals surface area contributed by atoms with Crippen molar-refractivity contribution in [3.63, 3.8) is 0 Å². The van der Waals surface area contributed by atoms with Gasteiger partial charge in [-0.1, -0.05) is 42.4 Å². The Morgan fingerprint density at radius 1 is 1.29 bits per heavy atom. The van der Waals surface area contributed by atoms with Gasteiger partial charge in [0, 0.05) is 18.2 Å². The Balaban J connectivity index is 1.84. The van der Waals surface area contributed by atoms with Gasteiger partial charge in [-0.2, -0.15) is 4.98 Å². The number of carbonyl (C=O) groups is 1. The zero-order chi connectivity index (χ0) is 17.1. The van der Waals surface area contributed by atoms with Crippen LogP contribution in [0.2, 0.25) is 0 Å². The number of nitrogens with two attached hydrogens (primary N) is 1. The smallest absolute Gasteiger partial charge is 0.249 e. The average Bonchev–Trinajstić information content (AvgIpc) is 3.11. The van der Waals surface area contributed by atoms with Crippen LogP contribution in [0.25, 0.3) is 11.4 Å². The van der Waals surface area contributed by atoms with Gasteiger partial charge >= 0.3 is 0 Å². The van der Waals surface area contributed by atoms with Crippen LogP contribution in [0, 0.1) is 5.92 Å². The molecule has 1 aromatic carbocycles. The molecule has 1 aliphatic heterocycles. The van der Waals surface area contributed by atoms with E-state index in [1.807, 2.05) is 49.1 Å². The molecule has 2 aromatic rings. The van der Waals surface area contributed by atoms with Crippen LogP contribution < -0.4 is 5.73 Å². The van der Waals surface area contributed by atoms with Gasteiger partial charge in [0.15, 0.2) is 0 Å². The Kier molecular flexibility index (Phi) is 4.94. The maximum atomic E-state index is 12.8. The van der Waals surface area contributed by atoms with Crippen LogP contribution in [-0.4, -0.2) is 33.5 Å². The fraction of sp³-hybridized carbons (Fsp3) is 0.500. The molecule has 2 N–H and O–H groups in total. The van der Waals surface area contributed by atoms with Crippen LogP contribution in [-0.2, 0) is 4.79 Å². The highest BCUT2D eigenvalue weighted by Crippen LogP contribution is 2.32. The van der Waals surface area contributed by atoms with E-state index in [-0.39, 0.29) is 23.9 Å². The van der Waals surface area contributed by atoms with Crippen molar-refractivity contribution in [3.8, 4) is 11.4 Å². The molecule has 1 aromatic heterocycles. The van der Waals surface area contributed by atoms with E-state index in [9.17, 15) is 4.79 Å². The number of benzene rings is 1. The van der Waals surface area contributed by atoms with Gasteiger partial charge in [-0.25, -0.2) is 0 Å². The Morgan fingerprint density at radius 3 is 2.75 bits per heavy atom. The number of hydrogen-bond acceptors (Lipinski definition) is 5. The van der Waals surface area contributed by atoms with E-state index < -0.39 is 0 Å². The molecule has 0 radical (unpaired) electrons. The summed E-state index contributed by atoms with van der Waals surface area (Å²) < 4.78 is 5.49. The molecule has 3 unspecified atom stereocenters. The van der Waals surface area contributed by atoms with Gasteiger partial charge in [0.05, 0.1) is 5.92 Å². The number of carbonyl (C=O) groups excluding carboxylic acids is 1. The second-order valence-corrected chi connectivity index (χ2v) is 6.51. The first-order chi connectivity index (χ1) is 11.6. The second kappa shape index (κ2) is 7.13. The van der Waals surface area contributed by atoms with Crippen LogP contribution in [0.1, 0.15) is 45.0 Å². The summed E-state index contributed by atoms with van der Waals surface area (Å²) in [6.07, 6.45) is 2.88. The lowest BCUT2D eigenvalue weighted by atomic mass is 9.97. The number of amides is 1. The van der Waals surface area contributed by atoms with Gasteiger partial charge < -0.3 is 15.2 Å². The maximum absolute atomic E-state index is 12.8. The summed E-state index contributed by atoms with van der Waals surface area (Å²) in [4.78, 5) is 19.2. The molecule has 3 rings (SSSR count). The van der Waals surface area contributed by atoms with Crippen molar-refractivity contribution >= 4 is 5.91 Å². The minimum Gasteiger partial charge on any atom is -0.337 e. The van der Waals surface area contributed by atoms with Crippen molar-refractivity contribution in [2.75, 3.05) is 6.54 Å². The highest BCUT2D eigenvalue weighted by atomic mass is 16.5. The van der Waals surface area contributed by atoms with E-state index in [2.05, 4.69) is 10.1 Å². The number of likely N-dealkylation sites (tertiary alicyclic amines) is 1. The van der Waals surface area contributed by atoms with Crippen molar-refractivity contribution in [1.82, 2.24) is 15.0 Å². The molecule has 1 saturated heterocycles. The maximum Gasteiger partial charge on any atom is 0.249 e. The van der Waals surface area contributed by atoms with E-state index in [0.717, 1.165) is 24.8 Å². The quantitative estimate of drug-likeness (QED) is 0.933. The van der Waals surface area contributed by atoms with Crippen molar-refractivity contribution < 1.29 is 9.32 Å². The Bertz CT molecular complexity index is 683. The molecule has 0 spiro atoms. The summed E-state index contributed by atoms with van der Waals surface area (Å²) in [5.41, 5.74) is 6.82. The van der Waals surface area contributed by atoms with Crippen LogP contribution in [0.15, 0.2) is 34.9 Å². The molecule has 1 fully saturated rings. The summed E-state index contributed by atoms with van der Waals surface area (Å²) >= 11 is 0. The highest BCUT2D eigenvalue weighted by molar-refractivity contribution is 5.79. The summed E-state index contributed by atoms with van der Waals surface area (Å²) in [6, 6.07) is 9.37. The van der Waals surface area contributed by atoms with Crippen molar-refractivity contribution in [2.45, 2.75) is 45.2 Å². The topological polar surface area (TPSA) is 85.3 Å². The Labute approximate surface area is 142 Å². The molecule has 1 amide bonds. The fourth-order valence-electron chi connectivity index (χ4n) is 3.01. The lowest BCUT2D eigenvalue weighted by Gasteiger charge is -2.35. The predicted molar refractivity (Wildman–Crippen MR) is 90.9 cm³/mol. The SMILES string of the molecule is CC(N)C(C)C(=O)N1CCCCC1c1nc(-c2ccccc2)no1. The molecule has 6 nitrogen and oxygen atoms in total. The summed E-state index contributed by atoms with van der Waals surface area (Å²) in [5.74, 6) is 0.916. The molecule has 1 aliphatic rings. The summed E-state index contributed by atoms with van der Waals surface area (Å²) in [5, 5.41) is 4.09. The first-order valence-corrected chi connectivity index (χ1v) is 8.53. The molecular formula is C18H24N4O2.